The van der Waals surface area contributed by atoms with Gasteiger partial charge in [-0.2, -0.15) is 0 Å². The Bertz CT molecular complexity index is 338. The molecule has 0 bridgehead atoms. The molecule has 3 rings (SSSR count). The fourth-order valence-electron chi connectivity index (χ4n) is 2.72. The summed E-state index contributed by atoms with van der Waals surface area (Å²) >= 11 is 3.53. The van der Waals surface area contributed by atoms with Crippen molar-refractivity contribution in [2.24, 2.45) is 0 Å². The third kappa shape index (κ3) is 1.36. The van der Waals surface area contributed by atoms with Crippen LogP contribution in [0.5, 0.6) is 0 Å². The van der Waals surface area contributed by atoms with Gasteiger partial charge in [-0.15, -0.1) is 0 Å². The lowest BCUT2D eigenvalue weighted by atomic mass is 10.0. The minimum atomic E-state index is 0.859. The Balaban J connectivity index is 1.84. The van der Waals surface area contributed by atoms with E-state index < -0.39 is 0 Å². The molecule has 2 fully saturated rings. The van der Waals surface area contributed by atoms with Crippen LogP contribution >= 0.6 is 15.9 Å². The van der Waals surface area contributed by atoms with Crippen molar-refractivity contribution < 1.29 is 0 Å². The fraction of sp³-hybridized carbons (Fsp3) is 0.500. The normalized spacial score (nSPS) is 29.9. The fourth-order valence-corrected chi connectivity index (χ4v) is 3.11. The van der Waals surface area contributed by atoms with Crippen LogP contribution in [0, 0.1) is 0 Å². The molecule has 2 unspecified atom stereocenters. The number of halogens is 1. The molecule has 2 atom stereocenters. The number of nitrogens with zero attached hydrogens (tertiary/aromatic N) is 1. The summed E-state index contributed by atoms with van der Waals surface area (Å²) in [6, 6.07) is 10.4. The van der Waals surface area contributed by atoms with E-state index in [4.69, 9.17) is 0 Å². The molecule has 1 aromatic rings. The minimum absolute atomic E-state index is 0.859. The second-order valence-corrected chi connectivity index (χ2v) is 5.22. The molecule has 0 N–H and O–H groups in total. The highest BCUT2D eigenvalue weighted by atomic mass is 79.9. The summed E-state index contributed by atoms with van der Waals surface area (Å²) < 4.78 is 1.19. The molecule has 2 heteroatoms. The van der Waals surface area contributed by atoms with Gasteiger partial charge < -0.3 is 4.90 Å². The first kappa shape index (κ1) is 8.78. The van der Waals surface area contributed by atoms with Crippen molar-refractivity contribution in [1.82, 2.24) is 0 Å². The molecule has 0 radical (unpaired) electrons. The zero-order valence-electron chi connectivity index (χ0n) is 8.12. The first-order chi connectivity index (χ1) is 6.86. The van der Waals surface area contributed by atoms with Crippen molar-refractivity contribution in [3.05, 3.63) is 28.7 Å². The van der Waals surface area contributed by atoms with Crippen LogP contribution in [0.2, 0.25) is 0 Å². The van der Waals surface area contributed by atoms with E-state index in [1.165, 1.54) is 35.8 Å². The smallest absolute Gasteiger partial charge is 0.0497 e. The molecule has 0 aromatic heterocycles. The summed E-state index contributed by atoms with van der Waals surface area (Å²) in [6.07, 6.45) is 5.64. The SMILES string of the molecule is Brc1cccc(N2C3CCCCC32)c1. The maximum Gasteiger partial charge on any atom is 0.0497 e. The first-order valence-electron chi connectivity index (χ1n) is 5.40. The Labute approximate surface area is 93.2 Å². The highest BCUT2D eigenvalue weighted by molar-refractivity contribution is 9.10. The van der Waals surface area contributed by atoms with Gasteiger partial charge in [-0.1, -0.05) is 34.8 Å². The van der Waals surface area contributed by atoms with Crippen LogP contribution in [0.1, 0.15) is 25.7 Å². The third-order valence-corrected chi connectivity index (χ3v) is 3.92. The van der Waals surface area contributed by atoms with E-state index in [0.717, 1.165) is 12.1 Å². The predicted molar refractivity (Wildman–Crippen MR) is 62.7 cm³/mol. The molecule has 0 amide bonds. The number of hydrogen-bond donors (Lipinski definition) is 0. The molecular formula is C12H14BrN. The van der Waals surface area contributed by atoms with Gasteiger partial charge in [0.1, 0.15) is 0 Å². The van der Waals surface area contributed by atoms with Crippen molar-refractivity contribution in [3.8, 4) is 0 Å². The Morgan fingerprint density at radius 2 is 1.86 bits per heavy atom. The third-order valence-electron chi connectivity index (χ3n) is 3.43. The van der Waals surface area contributed by atoms with E-state index in [1.54, 1.807) is 0 Å². The molecule has 2 aliphatic rings. The molecule has 0 spiro atoms. The average molecular weight is 252 g/mol. The second kappa shape index (κ2) is 3.27. The van der Waals surface area contributed by atoms with E-state index in [-0.39, 0.29) is 0 Å². The molecule has 14 heavy (non-hydrogen) atoms. The van der Waals surface area contributed by atoms with Gasteiger partial charge in [0, 0.05) is 22.2 Å². The van der Waals surface area contributed by atoms with E-state index in [9.17, 15) is 0 Å². The Hall–Kier alpha value is -0.500. The zero-order valence-corrected chi connectivity index (χ0v) is 9.70. The van der Waals surface area contributed by atoms with Crippen LogP contribution in [-0.2, 0) is 0 Å². The van der Waals surface area contributed by atoms with E-state index in [0.29, 0.717) is 0 Å². The molecule has 1 aliphatic carbocycles. The Morgan fingerprint density at radius 3 is 2.50 bits per heavy atom. The van der Waals surface area contributed by atoms with Crippen LogP contribution < -0.4 is 4.90 Å². The van der Waals surface area contributed by atoms with Crippen LogP contribution in [-0.4, -0.2) is 12.1 Å². The lowest BCUT2D eigenvalue weighted by Crippen LogP contribution is -2.00. The molecule has 1 nitrogen and oxygen atoms in total. The maximum atomic E-state index is 3.53. The number of hydrogen-bond acceptors (Lipinski definition) is 1. The Kier molecular flexibility index (Phi) is 2.05. The first-order valence-corrected chi connectivity index (χ1v) is 6.19. The highest BCUT2D eigenvalue weighted by Gasteiger charge is 2.48. The molecule has 1 saturated carbocycles. The maximum absolute atomic E-state index is 3.53. The summed E-state index contributed by atoms with van der Waals surface area (Å²) in [5, 5.41) is 0. The van der Waals surface area contributed by atoms with Gasteiger partial charge in [-0.3, -0.25) is 0 Å². The summed E-state index contributed by atoms with van der Waals surface area (Å²) in [6.45, 7) is 0. The second-order valence-electron chi connectivity index (χ2n) is 4.31. The van der Waals surface area contributed by atoms with Crippen molar-refractivity contribution in [1.29, 1.82) is 0 Å². The zero-order chi connectivity index (χ0) is 9.54. The summed E-state index contributed by atoms with van der Waals surface area (Å²) in [4.78, 5) is 2.58. The van der Waals surface area contributed by atoms with Crippen LogP contribution in [0.15, 0.2) is 28.7 Å². The molecule has 1 aromatic carbocycles. The van der Waals surface area contributed by atoms with Gasteiger partial charge in [0.2, 0.25) is 0 Å². The largest absolute Gasteiger partial charge is 0.361 e. The quantitative estimate of drug-likeness (QED) is 0.690. The summed E-state index contributed by atoms with van der Waals surface area (Å²) in [7, 11) is 0. The van der Waals surface area contributed by atoms with Gasteiger partial charge in [0.15, 0.2) is 0 Å². The van der Waals surface area contributed by atoms with Crippen molar-refractivity contribution in [2.45, 2.75) is 37.8 Å². The molecule has 1 aliphatic heterocycles. The molecule has 74 valence electrons. The lowest BCUT2D eigenvalue weighted by molar-refractivity contribution is 0.571. The standard InChI is InChI=1S/C12H14BrN/c13-9-4-3-5-10(8-9)14-11-6-1-2-7-12(11)14/h3-5,8,11-12H,1-2,6-7H2. The van der Waals surface area contributed by atoms with Crippen molar-refractivity contribution in [3.63, 3.8) is 0 Å². The predicted octanol–water partition coefficient (Wildman–Crippen LogP) is 3.58. The van der Waals surface area contributed by atoms with E-state index in [1.807, 2.05) is 0 Å². The van der Waals surface area contributed by atoms with E-state index >= 15 is 0 Å². The van der Waals surface area contributed by atoms with Crippen LogP contribution in [0.3, 0.4) is 0 Å². The lowest BCUT2D eigenvalue weighted by Gasteiger charge is -2.04. The average Bonchev–Trinajstić information content (AvgIpc) is 2.91. The van der Waals surface area contributed by atoms with E-state index in [2.05, 4.69) is 45.1 Å². The topological polar surface area (TPSA) is 3.01 Å². The minimum Gasteiger partial charge on any atom is -0.361 e. The van der Waals surface area contributed by atoms with Crippen molar-refractivity contribution in [2.75, 3.05) is 4.90 Å². The summed E-state index contributed by atoms with van der Waals surface area (Å²) in [5.41, 5.74) is 1.40. The Morgan fingerprint density at radius 1 is 1.14 bits per heavy atom. The number of benzene rings is 1. The van der Waals surface area contributed by atoms with Gasteiger partial charge in [0.25, 0.3) is 0 Å². The summed E-state index contributed by atoms with van der Waals surface area (Å²) in [5.74, 6) is 0. The highest BCUT2D eigenvalue weighted by Crippen LogP contribution is 2.44. The van der Waals surface area contributed by atoms with Crippen LogP contribution in [0.4, 0.5) is 5.69 Å². The molecule has 1 saturated heterocycles. The van der Waals surface area contributed by atoms with Gasteiger partial charge in [-0.05, 0) is 31.0 Å². The van der Waals surface area contributed by atoms with Gasteiger partial charge in [0.05, 0.1) is 0 Å². The van der Waals surface area contributed by atoms with Gasteiger partial charge in [-0.25, -0.2) is 0 Å². The molecular weight excluding hydrogens is 238 g/mol. The number of fused-ring (bicyclic) bond motifs is 1. The van der Waals surface area contributed by atoms with Gasteiger partial charge >= 0.3 is 0 Å². The van der Waals surface area contributed by atoms with Crippen LogP contribution in [0.25, 0.3) is 0 Å². The monoisotopic (exact) mass is 251 g/mol. The number of rotatable bonds is 1. The molecule has 1 heterocycles. The number of anilines is 1. The van der Waals surface area contributed by atoms with Crippen molar-refractivity contribution >= 4 is 21.6 Å².